The fourth-order valence-electron chi connectivity index (χ4n) is 3.38. The second-order valence-corrected chi connectivity index (χ2v) is 7.97. The molecule has 1 unspecified atom stereocenters. The molecule has 3 aromatic rings. The molecule has 0 bridgehead atoms. The van der Waals surface area contributed by atoms with E-state index in [1.807, 2.05) is 30.3 Å². The van der Waals surface area contributed by atoms with E-state index in [-0.39, 0.29) is 12.0 Å². The lowest BCUT2D eigenvalue weighted by Gasteiger charge is -2.11. The maximum atomic E-state index is 12.6. The lowest BCUT2D eigenvalue weighted by molar-refractivity contribution is 0.102. The first kappa shape index (κ1) is 19.5. The number of anilines is 2. The van der Waals surface area contributed by atoms with Crippen molar-refractivity contribution in [2.75, 3.05) is 17.2 Å². The fourth-order valence-corrected chi connectivity index (χ4v) is 4.20. The van der Waals surface area contributed by atoms with Crippen molar-refractivity contribution in [3.63, 3.8) is 0 Å². The highest BCUT2D eigenvalue weighted by atomic mass is 32.1. The summed E-state index contributed by atoms with van der Waals surface area (Å²) in [4.78, 5) is 12.6. The van der Waals surface area contributed by atoms with Crippen molar-refractivity contribution < 1.29 is 9.53 Å². The first-order valence-corrected chi connectivity index (χ1v) is 10.7. The molecule has 1 aliphatic heterocycles. The van der Waals surface area contributed by atoms with Crippen LogP contribution in [0.3, 0.4) is 0 Å². The van der Waals surface area contributed by atoms with E-state index in [4.69, 9.17) is 4.74 Å². The van der Waals surface area contributed by atoms with Crippen LogP contribution in [0.5, 0.6) is 0 Å². The number of carbonyl (C=O) groups is 1. The Balaban J connectivity index is 1.39. The molecule has 1 aromatic heterocycles. The van der Waals surface area contributed by atoms with E-state index in [9.17, 15) is 4.79 Å². The summed E-state index contributed by atoms with van der Waals surface area (Å²) in [6, 6.07) is 15.9. The van der Waals surface area contributed by atoms with Crippen LogP contribution in [0, 0.1) is 0 Å². The monoisotopic (exact) mass is 408 g/mol. The molecule has 2 N–H and O–H groups in total. The van der Waals surface area contributed by atoms with Crippen LogP contribution < -0.4 is 10.6 Å². The predicted octanol–water partition coefficient (Wildman–Crippen LogP) is 4.82. The Morgan fingerprint density at radius 3 is 2.93 bits per heavy atom. The molecule has 0 spiro atoms. The van der Waals surface area contributed by atoms with Crippen molar-refractivity contribution in [2.24, 2.45) is 0 Å². The van der Waals surface area contributed by atoms with E-state index in [2.05, 4.69) is 39.9 Å². The molecule has 2 heterocycles. The van der Waals surface area contributed by atoms with Gasteiger partial charge in [-0.1, -0.05) is 48.6 Å². The lowest BCUT2D eigenvalue weighted by Crippen LogP contribution is -2.12. The van der Waals surface area contributed by atoms with Crippen LogP contribution >= 0.6 is 11.3 Å². The number of ether oxygens (including phenoxy) is 1. The Bertz CT molecular complexity index is 982. The highest BCUT2D eigenvalue weighted by molar-refractivity contribution is 7.15. The lowest BCUT2D eigenvalue weighted by atomic mass is 10.1. The summed E-state index contributed by atoms with van der Waals surface area (Å²) < 4.78 is 5.63. The summed E-state index contributed by atoms with van der Waals surface area (Å²) in [6.07, 6.45) is 2.98. The van der Waals surface area contributed by atoms with Crippen LogP contribution in [-0.4, -0.2) is 22.7 Å². The minimum atomic E-state index is -0.184. The van der Waals surface area contributed by atoms with Gasteiger partial charge in [0.2, 0.25) is 5.13 Å². The number of hydrogen-bond acceptors (Lipinski definition) is 6. The van der Waals surface area contributed by atoms with Crippen LogP contribution in [0.4, 0.5) is 10.8 Å². The van der Waals surface area contributed by atoms with Gasteiger partial charge >= 0.3 is 0 Å². The van der Waals surface area contributed by atoms with Gasteiger partial charge in [0.1, 0.15) is 11.1 Å². The molecule has 0 saturated carbocycles. The first-order chi connectivity index (χ1) is 14.2. The van der Waals surface area contributed by atoms with Crippen LogP contribution in [-0.2, 0) is 17.7 Å². The van der Waals surface area contributed by atoms with Gasteiger partial charge in [0, 0.05) is 24.4 Å². The third-order valence-corrected chi connectivity index (χ3v) is 5.87. The predicted molar refractivity (Wildman–Crippen MR) is 115 cm³/mol. The smallest absolute Gasteiger partial charge is 0.257 e. The number of carbonyl (C=O) groups excluding carboxylic acids is 1. The molecule has 4 rings (SSSR count). The zero-order valence-corrected chi connectivity index (χ0v) is 17.2. The SMILES string of the molecule is CCc1ccccc1NCc1cccc(C(=O)Nc2nnc(C3CCCO3)s2)c1. The Kier molecular flexibility index (Phi) is 6.17. The van der Waals surface area contributed by atoms with E-state index in [0.717, 1.165) is 42.1 Å². The van der Waals surface area contributed by atoms with Gasteiger partial charge in [0.05, 0.1) is 0 Å². The molecule has 1 amide bonds. The van der Waals surface area contributed by atoms with Crippen molar-refractivity contribution in [3.8, 4) is 0 Å². The van der Waals surface area contributed by atoms with E-state index >= 15 is 0 Å². The number of para-hydroxylation sites is 1. The van der Waals surface area contributed by atoms with Gasteiger partial charge in [0.25, 0.3) is 5.91 Å². The molecule has 1 aliphatic rings. The highest BCUT2D eigenvalue weighted by Crippen LogP contribution is 2.32. The van der Waals surface area contributed by atoms with Crippen molar-refractivity contribution in [1.29, 1.82) is 0 Å². The molecule has 1 saturated heterocycles. The summed E-state index contributed by atoms with van der Waals surface area (Å²) in [5.74, 6) is -0.184. The van der Waals surface area contributed by atoms with Gasteiger partial charge < -0.3 is 10.1 Å². The summed E-state index contributed by atoms with van der Waals surface area (Å²) >= 11 is 1.38. The molecule has 2 aromatic carbocycles. The molecule has 29 heavy (non-hydrogen) atoms. The zero-order valence-electron chi connectivity index (χ0n) is 16.4. The molecule has 0 aliphatic carbocycles. The molecule has 7 heteroatoms. The normalized spacial score (nSPS) is 16.0. The van der Waals surface area contributed by atoms with Crippen molar-refractivity contribution in [3.05, 3.63) is 70.2 Å². The average Bonchev–Trinajstić information content (AvgIpc) is 3.44. The number of amides is 1. The first-order valence-electron chi connectivity index (χ1n) is 9.90. The minimum Gasteiger partial charge on any atom is -0.381 e. The summed E-state index contributed by atoms with van der Waals surface area (Å²) in [7, 11) is 0. The molecule has 1 atom stereocenters. The van der Waals surface area contributed by atoms with E-state index < -0.39 is 0 Å². The maximum Gasteiger partial charge on any atom is 0.257 e. The standard InChI is InChI=1S/C22H24N4O2S/c1-2-16-8-3-4-10-18(16)23-14-15-7-5-9-17(13-15)20(27)24-22-26-25-21(29-22)19-11-6-12-28-19/h3-5,7-10,13,19,23H,2,6,11-12,14H2,1H3,(H,24,26,27). The van der Waals surface area contributed by atoms with Crippen LogP contribution in [0.15, 0.2) is 48.5 Å². The van der Waals surface area contributed by atoms with E-state index in [1.165, 1.54) is 16.9 Å². The van der Waals surface area contributed by atoms with Gasteiger partial charge in [-0.05, 0) is 48.6 Å². The van der Waals surface area contributed by atoms with Gasteiger partial charge in [0.15, 0.2) is 0 Å². The Labute approximate surface area is 174 Å². The van der Waals surface area contributed by atoms with Crippen LogP contribution in [0.1, 0.15) is 52.4 Å². The average molecular weight is 409 g/mol. The van der Waals surface area contributed by atoms with Crippen LogP contribution in [0.25, 0.3) is 0 Å². The number of aryl methyl sites for hydroxylation is 1. The fraction of sp³-hybridized carbons (Fsp3) is 0.318. The molecule has 6 nitrogen and oxygen atoms in total. The van der Waals surface area contributed by atoms with Crippen LogP contribution in [0.2, 0.25) is 0 Å². The van der Waals surface area contributed by atoms with Crippen molar-refractivity contribution in [2.45, 2.75) is 38.8 Å². The molecular formula is C22H24N4O2S. The maximum absolute atomic E-state index is 12.6. The number of aromatic nitrogens is 2. The number of hydrogen-bond donors (Lipinski definition) is 2. The second-order valence-electron chi connectivity index (χ2n) is 6.97. The van der Waals surface area contributed by atoms with Gasteiger partial charge in [-0.15, -0.1) is 10.2 Å². The number of nitrogens with zero attached hydrogens (tertiary/aromatic N) is 2. The largest absolute Gasteiger partial charge is 0.381 e. The Hall–Kier alpha value is -2.77. The van der Waals surface area contributed by atoms with Crippen molar-refractivity contribution >= 4 is 28.1 Å². The van der Waals surface area contributed by atoms with Gasteiger partial charge in [-0.3, -0.25) is 10.1 Å². The number of rotatable bonds is 7. The third kappa shape index (κ3) is 4.81. The van der Waals surface area contributed by atoms with E-state index in [1.54, 1.807) is 6.07 Å². The summed E-state index contributed by atoms with van der Waals surface area (Å²) in [5.41, 5.74) is 4.04. The molecule has 0 radical (unpaired) electrons. The summed E-state index contributed by atoms with van der Waals surface area (Å²) in [5, 5.41) is 15.9. The quantitative estimate of drug-likeness (QED) is 0.586. The van der Waals surface area contributed by atoms with E-state index in [0.29, 0.717) is 17.2 Å². The Morgan fingerprint density at radius 1 is 1.21 bits per heavy atom. The third-order valence-electron chi connectivity index (χ3n) is 4.94. The zero-order chi connectivity index (χ0) is 20.1. The molecule has 150 valence electrons. The Morgan fingerprint density at radius 2 is 2.10 bits per heavy atom. The molecular weight excluding hydrogens is 384 g/mol. The minimum absolute atomic E-state index is 0.0125. The topological polar surface area (TPSA) is 76.1 Å². The highest BCUT2D eigenvalue weighted by Gasteiger charge is 2.22. The summed E-state index contributed by atoms with van der Waals surface area (Å²) in [6.45, 7) is 3.55. The second kappa shape index (κ2) is 9.15. The number of benzene rings is 2. The number of nitrogens with one attached hydrogen (secondary N) is 2. The van der Waals surface area contributed by atoms with Crippen molar-refractivity contribution in [1.82, 2.24) is 10.2 Å². The van der Waals surface area contributed by atoms with Gasteiger partial charge in [-0.2, -0.15) is 0 Å². The molecule has 1 fully saturated rings. The van der Waals surface area contributed by atoms with Gasteiger partial charge in [-0.25, -0.2) is 0 Å².